The van der Waals surface area contributed by atoms with Crippen LogP contribution < -0.4 is 0 Å². The van der Waals surface area contributed by atoms with E-state index in [-0.39, 0.29) is 42.8 Å². The van der Waals surface area contributed by atoms with Crippen LogP contribution in [0.2, 0.25) is 0 Å². The second-order valence-electron chi connectivity index (χ2n) is 11.5. The molecule has 0 aromatic rings. The molecule has 0 radical (unpaired) electrons. The number of ketones is 2. The van der Waals surface area contributed by atoms with Gasteiger partial charge in [0.2, 0.25) is 0 Å². The molecule has 0 aromatic carbocycles. The van der Waals surface area contributed by atoms with Crippen LogP contribution in [0.3, 0.4) is 0 Å². The lowest BCUT2D eigenvalue weighted by molar-refractivity contribution is -0.263. The normalized spacial score (nSPS) is 43.2. The summed E-state index contributed by atoms with van der Waals surface area (Å²) in [6.45, 7) is 5.85. The SMILES string of the molecule is CC(=O)OOC(=O)C(C)C1CC(=O)C=C2CC[C@@H]3[C@H]([C@@H](O)C[C@@]4(C)[C@H]3CC[C@]4(O)C(=O)CO)[C@]21C. The van der Waals surface area contributed by atoms with Gasteiger partial charge in [-0.3, -0.25) is 9.59 Å². The third-order valence-corrected chi connectivity index (χ3v) is 10.1. The van der Waals surface area contributed by atoms with Crippen LogP contribution in [0.15, 0.2) is 11.6 Å². The summed E-state index contributed by atoms with van der Waals surface area (Å²) < 4.78 is 0. The summed E-state index contributed by atoms with van der Waals surface area (Å²) >= 11 is 0. The van der Waals surface area contributed by atoms with Crippen molar-refractivity contribution in [2.24, 2.45) is 40.4 Å². The van der Waals surface area contributed by atoms with Crippen LogP contribution in [0.5, 0.6) is 0 Å². The Hall–Kier alpha value is -2.10. The molecule has 3 saturated carbocycles. The molecule has 0 amide bonds. The van der Waals surface area contributed by atoms with Gasteiger partial charge in [0, 0.05) is 18.8 Å². The molecule has 4 aliphatic carbocycles. The van der Waals surface area contributed by atoms with E-state index >= 15 is 0 Å². The standard InChI is InChI=1S/C26H36O9/c1-13(23(32)35-34-14(2)28)19-10-16(29)9-15-5-6-17-18-7-8-26(33,21(31)12-27)24(18,3)11-20(30)22(17)25(15,19)4/h9,13,17-20,22,27,30,33H,5-8,10-12H2,1-4H3/t13?,17-,18-,19?,20-,22+,24-,25+,26-/m0/s1. The van der Waals surface area contributed by atoms with E-state index in [4.69, 9.17) is 4.89 Å². The summed E-state index contributed by atoms with van der Waals surface area (Å²) in [5.41, 5.74) is -2.38. The molecule has 3 N–H and O–H groups in total. The molecule has 0 saturated heterocycles. The molecule has 0 heterocycles. The fourth-order valence-corrected chi connectivity index (χ4v) is 8.43. The second kappa shape index (κ2) is 8.78. The van der Waals surface area contributed by atoms with Gasteiger partial charge in [-0.05, 0) is 67.3 Å². The molecule has 0 spiro atoms. The van der Waals surface area contributed by atoms with Gasteiger partial charge in [0.05, 0.1) is 12.0 Å². The van der Waals surface area contributed by atoms with Crippen molar-refractivity contribution in [2.75, 3.05) is 6.61 Å². The molecule has 0 aromatic heterocycles. The average molecular weight is 493 g/mol. The molecule has 9 nitrogen and oxygen atoms in total. The zero-order valence-corrected chi connectivity index (χ0v) is 20.8. The highest BCUT2D eigenvalue weighted by molar-refractivity contribution is 5.93. The average Bonchev–Trinajstić information content (AvgIpc) is 3.07. The number of carbonyl (C=O) groups is 4. The Morgan fingerprint density at radius 2 is 1.89 bits per heavy atom. The quantitative estimate of drug-likeness (QED) is 0.394. The minimum atomic E-state index is -1.70. The minimum absolute atomic E-state index is 0.0428. The number of hydrogen-bond acceptors (Lipinski definition) is 9. The second-order valence-corrected chi connectivity index (χ2v) is 11.5. The first-order valence-electron chi connectivity index (χ1n) is 12.5. The van der Waals surface area contributed by atoms with Gasteiger partial charge < -0.3 is 15.3 Å². The summed E-state index contributed by atoms with van der Waals surface area (Å²) in [7, 11) is 0. The fraction of sp³-hybridized carbons (Fsp3) is 0.769. The maximum Gasteiger partial charge on any atom is 0.358 e. The van der Waals surface area contributed by atoms with Crippen molar-refractivity contribution in [2.45, 2.75) is 77.9 Å². The first-order valence-corrected chi connectivity index (χ1v) is 12.5. The number of rotatable bonds is 4. The molecule has 194 valence electrons. The molecule has 0 aliphatic heterocycles. The highest BCUT2D eigenvalue weighted by Gasteiger charge is 2.69. The first kappa shape index (κ1) is 26.0. The Morgan fingerprint density at radius 1 is 1.20 bits per heavy atom. The molecule has 0 bridgehead atoms. The summed E-state index contributed by atoms with van der Waals surface area (Å²) in [5.74, 6) is -3.87. The van der Waals surface area contributed by atoms with Gasteiger partial charge in [-0.25, -0.2) is 19.4 Å². The zero-order valence-electron chi connectivity index (χ0n) is 20.8. The van der Waals surface area contributed by atoms with E-state index in [1.165, 1.54) is 0 Å². The number of allylic oxidation sites excluding steroid dienone is 1. The van der Waals surface area contributed by atoms with Crippen molar-refractivity contribution in [1.29, 1.82) is 0 Å². The topological polar surface area (TPSA) is 147 Å². The van der Waals surface area contributed by atoms with Crippen LogP contribution in [0, 0.1) is 40.4 Å². The monoisotopic (exact) mass is 492 g/mol. The van der Waals surface area contributed by atoms with Crippen molar-refractivity contribution >= 4 is 23.5 Å². The van der Waals surface area contributed by atoms with E-state index < -0.39 is 58.7 Å². The van der Waals surface area contributed by atoms with Crippen molar-refractivity contribution in [3.8, 4) is 0 Å². The van der Waals surface area contributed by atoms with Crippen LogP contribution in [-0.2, 0) is 29.0 Å². The van der Waals surface area contributed by atoms with Gasteiger partial charge in [0.1, 0.15) is 12.2 Å². The van der Waals surface area contributed by atoms with E-state index in [9.17, 15) is 34.5 Å². The summed E-state index contributed by atoms with van der Waals surface area (Å²) in [6, 6.07) is 0. The molecule has 3 fully saturated rings. The van der Waals surface area contributed by atoms with Crippen LogP contribution in [0.4, 0.5) is 0 Å². The predicted molar refractivity (Wildman–Crippen MR) is 121 cm³/mol. The van der Waals surface area contributed by atoms with Gasteiger partial charge in [-0.2, -0.15) is 0 Å². The molecule has 4 aliphatic rings. The predicted octanol–water partition coefficient (Wildman–Crippen LogP) is 1.67. The zero-order chi connectivity index (χ0) is 25.9. The number of aliphatic hydroxyl groups is 3. The molecule has 4 rings (SSSR count). The lowest BCUT2D eigenvalue weighted by Crippen LogP contribution is -2.63. The van der Waals surface area contributed by atoms with Crippen LogP contribution in [0.25, 0.3) is 0 Å². The first-order chi connectivity index (χ1) is 16.3. The molecule has 9 heteroatoms. The van der Waals surface area contributed by atoms with Gasteiger partial charge >= 0.3 is 11.9 Å². The van der Waals surface area contributed by atoms with E-state index in [2.05, 4.69) is 4.89 Å². The molecule has 35 heavy (non-hydrogen) atoms. The van der Waals surface area contributed by atoms with Crippen molar-refractivity contribution in [3.63, 3.8) is 0 Å². The summed E-state index contributed by atoms with van der Waals surface area (Å²) in [4.78, 5) is 58.3. The Balaban J connectivity index is 1.72. The molecular weight excluding hydrogens is 456 g/mol. The Kier molecular flexibility index (Phi) is 6.52. The Morgan fingerprint density at radius 3 is 2.51 bits per heavy atom. The number of fused-ring (bicyclic) bond motifs is 5. The number of carbonyl (C=O) groups excluding carboxylic acids is 4. The number of hydrogen-bond donors (Lipinski definition) is 3. The van der Waals surface area contributed by atoms with Crippen molar-refractivity contribution in [1.82, 2.24) is 0 Å². The molecule has 2 unspecified atom stereocenters. The van der Waals surface area contributed by atoms with Crippen LogP contribution in [0.1, 0.15) is 66.2 Å². The van der Waals surface area contributed by atoms with Gasteiger partial charge in [-0.1, -0.05) is 26.3 Å². The van der Waals surface area contributed by atoms with E-state index in [0.717, 1.165) is 12.5 Å². The maximum atomic E-state index is 12.8. The van der Waals surface area contributed by atoms with Gasteiger partial charge in [-0.15, -0.1) is 0 Å². The third-order valence-electron chi connectivity index (χ3n) is 10.1. The minimum Gasteiger partial charge on any atom is -0.393 e. The third kappa shape index (κ3) is 3.69. The largest absolute Gasteiger partial charge is 0.393 e. The summed E-state index contributed by atoms with van der Waals surface area (Å²) in [5, 5.41) is 32.5. The van der Waals surface area contributed by atoms with E-state index in [0.29, 0.717) is 19.3 Å². The van der Waals surface area contributed by atoms with E-state index in [1.54, 1.807) is 13.0 Å². The molecular formula is C26H36O9. The highest BCUT2D eigenvalue weighted by Crippen LogP contribution is 2.69. The molecule has 9 atom stereocenters. The number of aliphatic hydroxyl groups excluding tert-OH is 2. The maximum absolute atomic E-state index is 12.8. The Bertz CT molecular complexity index is 972. The number of Topliss-reactive ketones (excluding diaryl/α,β-unsaturated/α-hetero) is 1. The fourth-order valence-electron chi connectivity index (χ4n) is 8.43. The van der Waals surface area contributed by atoms with Crippen molar-refractivity contribution in [3.05, 3.63) is 11.6 Å². The van der Waals surface area contributed by atoms with Crippen LogP contribution >= 0.6 is 0 Å². The summed E-state index contributed by atoms with van der Waals surface area (Å²) in [6.07, 6.45) is 3.16. The lowest BCUT2D eigenvalue weighted by Gasteiger charge is -2.62. The van der Waals surface area contributed by atoms with Crippen LogP contribution in [-0.4, -0.2) is 57.1 Å². The van der Waals surface area contributed by atoms with E-state index in [1.807, 2.05) is 13.8 Å². The van der Waals surface area contributed by atoms with Crippen molar-refractivity contribution < 1.29 is 44.3 Å². The van der Waals surface area contributed by atoms with Gasteiger partial charge in [0.25, 0.3) is 0 Å². The smallest absolute Gasteiger partial charge is 0.358 e. The Labute approximate surface area is 204 Å². The van der Waals surface area contributed by atoms with Gasteiger partial charge in [0.15, 0.2) is 11.6 Å². The lowest BCUT2D eigenvalue weighted by atomic mass is 9.42. The highest BCUT2D eigenvalue weighted by atomic mass is 17.2.